The first-order valence-corrected chi connectivity index (χ1v) is 29.7. The normalized spacial score (nSPS) is 31.2. The molecule has 3 aromatic carbocycles. The number of carbonyl (C=O) groups excluding carboxylic acids is 4. The van der Waals surface area contributed by atoms with Crippen LogP contribution in [0, 0.1) is 17.8 Å². The summed E-state index contributed by atoms with van der Waals surface area (Å²) >= 11 is 0. The van der Waals surface area contributed by atoms with Crippen LogP contribution in [0.4, 0.5) is 5.69 Å². The van der Waals surface area contributed by atoms with Crippen molar-refractivity contribution in [2.45, 2.75) is 169 Å². The Morgan fingerprint density at radius 3 is 2.58 bits per heavy atom. The lowest BCUT2D eigenvalue weighted by Crippen LogP contribution is -2.72. The van der Waals surface area contributed by atoms with Crippen molar-refractivity contribution in [3.63, 3.8) is 0 Å². The zero-order chi connectivity index (χ0) is 58.4. The van der Waals surface area contributed by atoms with Crippen LogP contribution in [0.3, 0.4) is 0 Å². The van der Waals surface area contributed by atoms with Gasteiger partial charge in [0.15, 0.2) is 28.7 Å². The summed E-state index contributed by atoms with van der Waals surface area (Å²) in [5, 5.41) is 76.4. The number of nitrogens with two attached hydrogens (primary N) is 2. The molecule has 3 bridgehead atoms. The predicted octanol–water partition coefficient (Wildman–Crippen LogP) is 1.15. The zero-order valence-corrected chi connectivity index (χ0v) is 46.9. The first-order valence-electron chi connectivity index (χ1n) is 29.7. The number of dihydropyridines is 1. The lowest BCUT2D eigenvalue weighted by Gasteiger charge is -2.52. The first kappa shape index (κ1) is 58.1. The minimum atomic E-state index is -2.40. The molecule has 0 radical (unpaired) electrons. The highest BCUT2D eigenvalue weighted by Gasteiger charge is 2.64. The maximum atomic E-state index is 15.5. The van der Waals surface area contributed by atoms with E-state index < -0.39 is 103 Å². The molecule has 5 fully saturated rings. The van der Waals surface area contributed by atoms with Crippen molar-refractivity contribution in [1.29, 1.82) is 0 Å². The smallest absolute Gasteiger partial charge is 0.242 e. The van der Waals surface area contributed by atoms with Gasteiger partial charge in [-0.2, -0.15) is 0 Å². The lowest BCUT2D eigenvalue weighted by molar-refractivity contribution is -0.335. The molecule has 22 heteroatoms. The van der Waals surface area contributed by atoms with Crippen LogP contribution in [-0.4, -0.2) is 161 Å². The second kappa shape index (κ2) is 24.2. The van der Waals surface area contributed by atoms with E-state index in [1.807, 2.05) is 35.2 Å². The Bertz CT molecular complexity index is 3170. The summed E-state index contributed by atoms with van der Waals surface area (Å²) in [4.78, 5) is 58.3. The number of hydrogen-bond acceptors (Lipinski definition) is 21. The van der Waals surface area contributed by atoms with E-state index in [9.17, 15) is 35.1 Å². The highest BCUT2D eigenvalue weighted by molar-refractivity contribution is 6.29. The number of aliphatic hydroxyl groups is 5. The molecule has 9 aliphatic rings. The minimum Gasteiger partial charge on any atom is -0.486 e. The highest BCUT2D eigenvalue weighted by atomic mass is 16.7. The van der Waals surface area contributed by atoms with Gasteiger partial charge in [-0.05, 0) is 91.8 Å². The minimum absolute atomic E-state index is 0.0232. The van der Waals surface area contributed by atoms with Crippen molar-refractivity contribution in [1.82, 2.24) is 26.6 Å². The number of anilines is 1. The maximum absolute atomic E-state index is 15.5. The Hall–Kier alpha value is -6.30. The fraction of sp³-hybridized carbons (Fsp3) is 0.548. The zero-order valence-electron chi connectivity index (χ0n) is 46.9. The fourth-order valence-electron chi connectivity index (χ4n) is 14.3. The van der Waals surface area contributed by atoms with Gasteiger partial charge < -0.3 is 80.6 Å². The average molecular weight is 1160 g/mol. The molecular weight excluding hydrogens is 1080 g/mol. The van der Waals surface area contributed by atoms with Gasteiger partial charge in [-0.25, -0.2) is 0 Å². The highest BCUT2D eigenvalue weighted by Crippen LogP contribution is 2.55. The number of ketones is 2. The number of nitrogens with zero attached hydrogens (tertiary/aromatic N) is 1. The molecule has 448 valence electrons. The molecule has 22 nitrogen and oxygen atoms in total. The third kappa shape index (κ3) is 10.8. The van der Waals surface area contributed by atoms with E-state index in [0.717, 1.165) is 36.8 Å². The van der Waals surface area contributed by atoms with Crippen LogP contribution in [-0.2, 0) is 30.4 Å². The lowest BCUT2D eigenvalue weighted by atomic mass is 9.73. The van der Waals surface area contributed by atoms with Crippen LogP contribution >= 0.6 is 0 Å². The quantitative estimate of drug-likeness (QED) is 0.0587. The Labute approximate surface area is 487 Å². The summed E-state index contributed by atoms with van der Waals surface area (Å²) in [6.07, 6.45) is -1.11. The molecule has 0 aromatic heterocycles. The van der Waals surface area contributed by atoms with Crippen molar-refractivity contribution in [3.8, 4) is 23.3 Å². The Kier molecular flexibility index (Phi) is 16.8. The molecule has 84 heavy (non-hydrogen) atoms. The van der Waals surface area contributed by atoms with E-state index in [0.29, 0.717) is 80.2 Å². The van der Waals surface area contributed by atoms with Crippen molar-refractivity contribution >= 4 is 29.4 Å². The van der Waals surface area contributed by atoms with Crippen LogP contribution in [0.25, 0.3) is 0 Å². The van der Waals surface area contributed by atoms with Crippen molar-refractivity contribution in [2.75, 3.05) is 44.5 Å². The molecule has 6 heterocycles. The summed E-state index contributed by atoms with van der Waals surface area (Å²) in [5.74, 6) is 3.00. The monoisotopic (exact) mass is 1160 g/mol. The van der Waals surface area contributed by atoms with E-state index >= 15 is 9.59 Å². The van der Waals surface area contributed by atoms with E-state index in [1.165, 1.54) is 12.1 Å². The molecule has 12 atom stereocenters. The number of rotatable bonds is 15. The largest absolute Gasteiger partial charge is 0.486 e. The molecule has 14 N–H and O–H groups in total. The fourth-order valence-corrected chi connectivity index (χ4v) is 14.3. The SMILES string of the molecule is NC1=C(CNC2CCCC2)C(CCOC2C3Oc4c(cc5c(c4OCC(O)CC=O)C(=O)c4cc(CO)ccc4C5=O)C(c4ccccc4N4CNC5C(=O)NC(N)NC54)C4CCC(O)CC#CC(O)(C2O)C(O3)C2(CCCC2)OC4)=CCN1. The number of carbonyl (C=O) groups is 4. The summed E-state index contributed by atoms with van der Waals surface area (Å²) < 4.78 is 35.5. The third-order valence-corrected chi connectivity index (χ3v) is 18.6. The number of fused-ring (bicyclic) bond motifs is 7. The van der Waals surface area contributed by atoms with Gasteiger partial charge in [-0.1, -0.05) is 67.9 Å². The molecule has 3 saturated heterocycles. The molecular formula is C62H76N8O14. The number of aldehydes is 1. The van der Waals surface area contributed by atoms with Gasteiger partial charge in [0, 0.05) is 71.4 Å². The summed E-state index contributed by atoms with van der Waals surface area (Å²) in [5.41, 5.74) is 12.7. The van der Waals surface area contributed by atoms with Crippen molar-refractivity contribution < 1.29 is 68.4 Å². The van der Waals surface area contributed by atoms with E-state index in [4.69, 9.17) is 35.2 Å². The molecule has 6 aliphatic heterocycles. The maximum Gasteiger partial charge on any atom is 0.242 e. The summed E-state index contributed by atoms with van der Waals surface area (Å²) in [6.45, 7) is 0.0629. The van der Waals surface area contributed by atoms with Crippen LogP contribution < -0.4 is 52.4 Å². The number of aliphatic hydroxyl groups excluding tert-OH is 4. The van der Waals surface area contributed by atoms with E-state index in [2.05, 4.69) is 38.4 Å². The van der Waals surface area contributed by atoms with Gasteiger partial charge >= 0.3 is 0 Å². The Morgan fingerprint density at radius 2 is 1.79 bits per heavy atom. The van der Waals surface area contributed by atoms with Gasteiger partial charge in [0.05, 0.1) is 49.9 Å². The van der Waals surface area contributed by atoms with Crippen LogP contribution in [0.15, 0.2) is 71.6 Å². The number of para-hydroxylation sites is 1. The van der Waals surface area contributed by atoms with E-state index in [-0.39, 0.29) is 90.8 Å². The second-order valence-corrected chi connectivity index (χ2v) is 23.9. The van der Waals surface area contributed by atoms with Gasteiger partial charge in [0.1, 0.15) is 55.5 Å². The van der Waals surface area contributed by atoms with Crippen LogP contribution in [0.2, 0.25) is 0 Å². The molecule has 12 rings (SSSR count). The second-order valence-electron chi connectivity index (χ2n) is 23.9. The Morgan fingerprint density at radius 1 is 0.976 bits per heavy atom. The van der Waals surface area contributed by atoms with Gasteiger partial charge in [-0.15, -0.1) is 0 Å². The molecule has 3 aromatic rings. The summed E-state index contributed by atoms with van der Waals surface area (Å²) in [6, 6.07) is 13.3. The summed E-state index contributed by atoms with van der Waals surface area (Å²) in [7, 11) is 0. The van der Waals surface area contributed by atoms with Crippen molar-refractivity contribution in [2.24, 2.45) is 17.4 Å². The Balaban J connectivity index is 1.07. The topological polar surface area (TPSA) is 331 Å². The molecule has 1 amide bonds. The number of hydrogen-bond donors (Lipinski definition) is 12. The number of ether oxygens (including phenoxy) is 5. The number of amides is 1. The van der Waals surface area contributed by atoms with Crippen LogP contribution in [0.1, 0.15) is 138 Å². The first-order chi connectivity index (χ1) is 40.7. The van der Waals surface area contributed by atoms with Crippen molar-refractivity contribution in [3.05, 3.63) is 111 Å². The van der Waals surface area contributed by atoms with E-state index in [1.54, 1.807) is 12.1 Å². The third-order valence-electron chi connectivity index (χ3n) is 18.6. The standard InChI is InChI=1S/C62H76N8O14/c63-55-44(28-66-36-8-1-2-9-36)34(17-23-65-55)19-25-80-53-54(77)62(79)22-7-10-37(73)15-14-35-30-82-61(20-5-6-21-61)59(62)84-58(53)83-51-43(46(35)40-11-3-4-12-45(40)70-32-67-48-56(70)68-60(64)69-57(48)78)27-42-47(52(51)81-31-38(74)18-24-71)50(76)41-26-33(29-72)13-16-39(41)49(42)75/h3-4,11-13,16-17,24,26-27,35-38,46,48,53-54,56,58-60,65-68,72-74,77,79H,1-2,5-6,8-10,14-15,18-21,23,25,28-32,63-64H2,(H,69,78). The molecule has 12 unspecified atom stereocenters. The molecule has 3 aliphatic carbocycles. The van der Waals surface area contributed by atoms with Crippen LogP contribution in [0.5, 0.6) is 11.5 Å². The van der Waals surface area contributed by atoms with Gasteiger partial charge in [-0.3, -0.25) is 30.8 Å². The predicted molar refractivity (Wildman–Crippen MR) is 304 cm³/mol. The number of benzene rings is 3. The molecule has 1 spiro atoms. The van der Waals surface area contributed by atoms with Gasteiger partial charge in [0.2, 0.25) is 12.2 Å². The average Bonchev–Trinajstić information content (AvgIpc) is 1.35. The van der Waals surface area contributed by atoms with Gasteiger partial charge in [0.25, 0.3) is 0 Å². The molecule has 2 saturated carbocycles. The number of nitrogens with one attached hydrogen (secondary N) is 5.